The molecule has 0 aliphatic rings. The zero-order valence-corrected chi connectivity index (χ0v) is 10.6. The van der Waals surface area contributed by atoms with Crippen LogP contribution in [0.1, 0.15) is 25.3 Å². The average molecular weight is 253 g/mol. The van der Waals surface area contributed by atoms with Crippen molar-refractivity contribution in [2.24, 2.45) is 0 Å². The summed E-state index contributed by atoms with van der Waals surface area (Å²) in [6, 6.07) is 9.71. The van der Waals surface area contributed by atoms with Crippen LogP contribution in [0.2, 0.25) is 0 Å². The molecule has 92 valence electrons. The van der Waals surface area contributed by atoms with Crippen LogP contribution in [0.3, 0.4) is 0 Å². The lowest BCUT2D eigenvalue weighted by Crippen LogP contribution is -2.08. The zero-order chi connectivity index (χ0) is 12.8. The summed E-state index contributed by atoms with van der Waals surface area (Å²) in [7, 11) is -1.30. The molecule has 0 saturated carbocycles. The molecule has 0 aliphatic heterocycles. The van der Waals surface area contributed by atoms with Crippen LogP contribution >= 0.6 is 0 Å². The molecule has 5 heteroatoms. The third-order valence-electron chi connectivity index (χ3n) is 2.42. The Labute approximate surface area is 103 Å². The van der Waals surface area contributed by atoms with Gasteiger partial charge in [0.2, 0.25) is 6.20 Å². The van der Waals surface area contributed by atoms with Crippen LogP contribution in [-0.4, -0.2) is 14.9 Å². The van der Waals surface area contributed by atoms with Gasteiger partial charge in [-0.05, 0) is 18.4 Å². The molecule has 0 heterocycles. The predicted molar refractivity (Wildman–Crippen MR) is 68.6 cm³/mol. The van der Waals surface area contributed by atoms with Gasteiger partial charge >= 0.3 is 0 Å². The highest BCUT2D eigenvalue weighted by atomic mass is 32.2. The van der Waals surface area contributed by atoms with E-state index in [4.69, 9.17) is 0 Å². The highest BCUT2D eigenvalue weighted by molar-refractivity contribution is 7.88. The van der Waals surface area contributed by atoms with Crippen molar-refractivity contribution >= 4 is 10.8 Å². The maximum Gasteiger partial charge on any atom is 0.246 e. The summed E-state index contributed by atoms with van der Waals surface area (Å²) in [6.07, 6.45) is 0.813. The van der Waals surface area contributed by atoms with Gasteiger partial charge in [-0.2, -0.15) is 0 Å². The molecule has 1 aromatic carbocycles. The lowest BCUT2D eigenvalue weighted by atomic mass is 10.0. The Balaban J connectivity index is 2.67. The predicted octanol–water partition coefficient (Wildman–Crippen LogP) is 2.68. The van der Waals surface area contributed by atoms with Crippen LogP contribution in [0.4, 0.5) is 0 Å². The molecule has 2 atom stereocenters. The van der Waals surface area contributed by atoms with Gasteiger partial charge in [0, 0.05) is 5.75 Å². The molecular formula is C12H15NO3S. The summed E-state index contributed by atoms with van der Waals surface area (Å²) in [5, 5.41) is 10.3. The maximum absolute atomic E-state index is 11.8. The fourth-order valence-corrected chi connectivity index (χ4v) is 2.56. The Kier molecular flexibility index (Phi) is 5.03. The maximum atomic E-state index is 11.8. The topological polar surface area (TPSA) is 60.2 Å². The Bertz CT molecular complexity index is 442. The highest BCUT2D eigenvalue weighted by Crippen LogP contribution is 2.17. The normalized spacial score (nSPS) is 15.3. The van der Waals surface area contributed by atoms with Crippen molar-refractivity contribution < 1.29 is 9.13 Å². The minimum absolute atomic E-state index is 0.118. The van der Waals surface area contributed by atoms with E-state index in [1.807, 2.05) is 37.3 Å². The second-order valence-corrected chi connectivity index (χ2v) is 5.52. The van der Waals surface area contributed by atoms with E-state index in [1.165, 1.54) is 6.92 Å². The van der Waals surface area contributed by atoms with E-state index in [0.717, 1.165) is 11.8 Å². The molecule has 0 radical (unpaired) electrons. The van der Waals surface area contributed by atoms with Crippen LogP contribution in [0, 0.1) is 10.1 Å². The first-order valence-corrected chi connectivity index (χ1v) is 6.58. The first-order valence-electron chi connectivity index (χ1n) is 5.26. The minimum Gasteiger partial charge on any atom is -0.259 e. The average Bonchev–Trinajstić information content (AvgIpc) is 2.29. The molecule has 0 N–H and O–H groups in total. The Hall–Kier alpha value is -1.49. The summed E-state index contributed by atoms with van der Waals surface area (Å²) >= 11 is 0. The number of hydrogen-bond donors (Lipinski definition) is 0. The van der Waals surface area contributed by atoms with Gasteiger partial charge in [-0.15, -0.1) is 0 Å². The van der Waals surface area contributed by atoms with Crippen LogP contribution < -0.4 is 0 Å². The molecule has 0 fully saturated rings. The van der Waals surface area contributed by atoms with Crippen molar-refractivity contribution in [3.63, 3.8) is 0 Å². The Morgan fingerprint density at radius 1 is 1.47 bits per heavy atom. The van der Waals surface area contributed by atoms with Crippen molar-refractivity contribution in [1.82, 2.24) is 0 Å². The lowest BCUT2D eigenvalue weighted by molar-refractivity contribution is -0.402. The van der Waals surface area contributed by atoms with E-state index >= 15 is 0 Å². The first-order chi connectivity index (χ1) is 8.00. The molecular weight excluding hydrogens is 238 g/mol. The molecule has 0 amide bonds. The van der Waals surface area contributed by atoms with Gasteiger partial charge in [-0.1, -0.05) is 37.3 Å². The standard InChI is InChI=1S/C12H15NO3S/c1-10(12-6-4-3-5-7-12)9-17(16)11(2)8-13(14)15/h3-8,10H,9H2,1-2H3/b11-8+/t10-,17-/m1/s1. The smallest absolute Gasteiger partial charge is 0.246 e. The van der Waals surface area contributed by atoms with Crippen molar-refractivity contribution in [2.75, 3.05) is 5.75 Å². The van der Waals surface area contributed by atoms with Crippen LogP contribution in [0.15, 0.2) is 41.4 Å². The highest BCUT2D eigenvalue weighted by Gasteiger charge is 2.13. The number of benzene rings is 1. The van der Waals surface area contributed by atoms with E-state index < -0.39 is 15.7 Å². The van der Waals surface area contributed by atoms with Gasteiger partial charge in [0.25, 0.3) is 0 Å². The summed E-state index contributed by atoms with van der Waals surface area (Å²) < 4.78 is 11.8. The molecule has 0 saturated heterocycles. The van der Waals surface area contributed by atoms with Crippen molar-refractivity contribution in [1.29, 1.82) is 0 Å². The molecule has 0 aromatic heterocycles. The summed E-state index contributed by atoms with van der Waals surface area (Å²) in [6.45, 7) is 3.49. The molecule has 1 aromatic rings. The van der Waals surface area contributed by atoms with Gasteiger partial charge in [0.05, 0.1) is 20.6 Å². The summed E-state index contributed by atoms with van der Waals surface area (Å²) in [5.41, 5.74) is 1.09. The van der Waals surface area contributed by atoms with Crippen LogP contribution in [0.5, 0.6) is 0 Å². The second kappa shape index (κ2) is 6.30. The largest absolute Gasteiger partial charge is 0.259 e. The third kappa shape index (κ3) is 4.48. The van der Waals surface area contributed by atoms with Crippen LogP contribution in [-0.2, 0) is 10.8 Å². The van der Waals surface area contributed by atoms with Gasteiger partial charge in [-0.3, -0.25) is 14.3 Å². The number of rotatable bonds is 5. The van der Waals surface area contributed by atoms with E-state index in [-0.39, 0.29) is 5.92 Å². The van der Waals surface area contributed by atoms with Gasteiger partial charge in [-0.25, -0.2) is 0 Å². The monoisotopic (exact) mass is 253 g/mol. The second-order valence-electron chi connectivity index (χ2n) is 3.85. The first kappa shape index (κ1) is 13.6. The third-order valence-corrected chi connectivity index (χ3v) is 4.04. The number of nitro groups is 1. The zero-order valence-electron chi connectivity index (χ0n) is 9.83. The Morgan fingerprint density at radius 2 is 2.06 bits per heavy atom. The summed E-state index contributed by atoms with van der Waals surface area (Å²) in [5.74, 6) is 0.521. The number of nitrogens with zero attached hydrogens (tertiary/aromatic N) is 1. The van der Waals surface area contributed by atoms with Gasteiger partial charge in [0.1, 0.15) is 0 Å². The molecule has 0 bridgehead atoms. The Morgan fingerprint density at radius 3 is 2.59 bits per heavy atom. The van der Waals surface area contributed by atoms with Crippen molar-refractivity contribution in [2.45, 2.75) is 19.8 Å². The number of hydrogen-bond acceptors (Lipinski definition) is 3. The van der Waals surface area contributed by atoms with Gasteiger partial charge in [0.15, 0.2) is 0 Å². The minimum atomic E-state index is -1.30. The fraction of sp³-hybridized carbons (Fsp3) is 0.333. The van der Waals surface area contributed by atoms with Gasteiger partial charge < -0.3 is 0 Å². The van der Waals surface area contributed by atoms with E-state index in [2.05, 4.69) is 0 Å². The van der Waals surface area contributed by atoms with Crippen molar-refractivity contribution in [3.05, 3.63) is 57.1 Å². The molecule has 0 unspecified atom stereocenters. The molecule has 1 rings (SSSR count). The SMILES string of the molecule is C/C(=C\[N+](=O)[O-])[S@](=O)C[C@@H](C)c1ccccc1. The molecule has 4 nitrogen and oxygen atoms in total. The summed E-state index contributed by atoms with van der Waals surface area (Å²) in [4.78, 5) is 10.00. The lowest BCUT2D eigenvalue weighted by Gasteiger charge is -2.10. The molecule has 17 heavy (non-hydrogen) atoms. The van der Waals surface area contributed by atoms with E-state index in [9.17, 15) is 14.3 Å². The van der Waals surface area contributed by atoms with E-state index in [0.29, 0.717) is 10.7 Å². The fourth-order valence-electron chi connectivity index (χ4n) is 1.44. The van der Waals surface area contributed by atoms with Crippen LogP contribution in [0.25, 0.3) is 0 Å². The number of allylic oxidation sites excluding steroid dienone is 1. The van der Waals surface area contributed by atoms with E-state index in [1.54, 1.807) is 0 Å². The van der Waals surface area contributed by atoms with Crippen molar-refractivity contribution in [3.8, 4) is 0 Å². The molecule has 0 spiro atoms. The molecule has 0 aliphatic carbocycles. The quantitative estimate of drug-likeness (QED) is 0.598.